The monoisotopic (exact) mass is 316 g/mol. The Morgan fingerprint density at radius 1 is 1.05 bits per heavy atom. The summed E-state index contributed by atoms with van der Waals surface area (Å²) in [7, 11) is -4.46. The maximum absolute atomic E-state index is 11.9. The Bertz CT molecular complexity index is 719. The predicted molar refractivity (Wildman–Crippen MR) is 72.9 cm³/mol. The minimum absolute atomic E-state index is 0. The first-order valence-electron chi connectivity index (χ1n) is 5.76. The average molecular weight is 316 g/mol. The van der Waals surface area contributed by atoms with Crippen LogP contribution in [0.4, 0.5) is 0 Å². The van der Waals surface area contributed by atoms with Crippen molar-refractivity contribution in [2.24, 2.45) is 0 Å². The molecular weight excluding hydrogens is 303 g/mol. The Balaban J connectivity index is 0.00000220. The summed E-state index contributed by atoms with van der Waals surface area (Å²) in [5.74, 6) is -0.804. The van der Waals surface area contributed by atoms with Gasteiger partial charge in [0.2, 0.25) is 0 Å². The Labute approximate surface area is 146 Å². The second-order valence-electron chi connectivity index (χ2n) is 4.03. The number of carbonyl (C=O) groups is 1. The minimum atomic E-state index is -4.46. The third-order valence-electron chi connectivity index (χ3n) is 2.60. The Morgan fingerprint density at radius 3 is 2.24 bits per heavy atom. The molecule has 0 atom stereocenters. The van der Waals surface area contributed by atoms with E-state index in [1.54, 1.807) is 24.3 Å². The van der Waals surface area contributed by atoms with Gasteiger partial charge in [-0.1, -0.05) is 42.5 Å². The second kappa shape index (κ2) is 7.72. The summed E-state index contributed by atoms with van der Waals surface area (Å²) in [5.41, 5.74) is 0.594. The second-order valence-corrected chi connectivity index (χ2v) is 5.42. The first-order chi connectivity index (χ1) is 9.48. The SMILES string of the molecule is O=C(OCc1ccccc1)c1ccccc1S(=O)(=O)O.[H-].[Na+]. The topological polar surface area (TPSA) is 80.7 Å². The normalized spacial score (nSPS) is 10.5. The van der Waals surface area contributed by atoms with Gasteiger partial charge in [0.15, 0.2) is 0 Å². The molecule has 0 aliphatic heterocycles. The number of benzene rings is 2. The van der Waals surface area contributed by atoms with Gasteiger partial charge in [0, 0.05) is 0 Å². The van der Waals surface area contributed by atoms with Crippen LogP contribution in [-0.2, 0) is 21.5 Å². The van der Waals surface area contributed by atoms with Gasteiger partial charge in [-0.25, -0.2) is 4.79 Å². The Kier molecular flexibility index (Phi) is 6.57. The molecule has 0 heterocycles. The van der Waals surface area contributed by atoms with Crippen LogP contribution >= 0.6 is 0 Å². The quantitative estimate of drug-likeness (QED) is 0.463. The fraction of sp³-hybridized carbons (Fsp3) is 0.0714. The zero-order valence-corrected chi connectivity index (χ0v) is 14.2. The van der Waals surface area contributed by atoms with E-state index in [4.69, 9.17) is 9.29 Å². The summed E-state index contributed by atoms with van der Waals surface area (Å²) in [4.78, 5) is 11.4. The van der Waals surface area contributed by atoms with Crippen molar-refractivity contribution in [3.05, 3.63) is 65.7 Å². The van der Waals surface area contributed by atoms with Crippen molar-refractivity contribution >= 4 is 16.1 Å². The molecule has 2 aromatic carbocycles. The van der Waals surface area contributed by atoms with Crippen LogP contribution in [0.2, 0.25) is 0 Å². The van der Waals surface area contributed by atoms with Crippen molar-refractivity contribution < 1.29 is 53.5 Å². The van der Waals surface area contributed by atoms with Gasteiger partial charge < -0.3 is 6.16 Å². The first-order valence-corrected chi connectivity index (χ1v) is 7.20. The molecule has 21 heavy (non-hydrogen) atoms. The van der Waals surface area contributed by atoms with E-state index in [1.807, 2.05) is 6.07 Å². The number of hydrogen-bond donors (Lipinski definition) is 1. The van der Waals surface area contributed by atoms with E-state index in [1.165, 1.54) is 18.2 Å². The van der Waals surface area contributed by atoms with Crippen LogP contribution in [-0.4, -0.2) is 18.9 Å². The molecule has 0 unspecified atom stereocenters. The number of hydrogen-bond acceptors (Lipinski definition) is 4. The van der Waals surface area contributed by atoms with Gasteiger partial charge in [0.05, 0.1) is 5.56 Å². The predicted octanol–water partition coefficient (Wildman–Crippen LogP) is -0.593. The zero-order chi connectivity index (χ0) is 14.6. The molecule has 1 N–H and O–H groups in total. The summed E-state index contributed by atoms with van der Waals surface area (Å²) >= 11 is 0. The Hall–Kier alpha value is -1.18. The Morgan fingerprint density at radius 2 is 1.62 bits per heavy atom. The van der Waals surface area contributed by atoms with Crippen molar-refractivity contribution in [1.82, 2.24) is 0 Å². The molecule has 0 spiro atoms. The third kappa shape index (κ3) is 4.94. The summed E-state index contributed by atoms with van der Waals surface area (Å²) < 4.78 is 36.5. The van der Waals surface area contributed by atoms with Crippen LogP contribution in [0.1, 0.15) is 17.3 Å². The summed E-state index contributed by atoms with van der Waals surface area (Å²) in [6.45, 7) is 0.0273. The van der Waals surface area contributed by atoms with E-state index < -0.39 is 21.0 Å². The molecule has 0 bridgehead atoms. The van der Waals surface area contributed by atoms with E-state index in [0.29, 0.717) is 0 Å². The van der Waals surface area contributed by atoms with Crippen molar-refractivity contribution in [1.29, 1.82) is 0 Å². The van der Waals surface area contributed by atoms with E-state index in [2.05, 4.69) is 0 Å². The summed E-state index contributed by atoms with van der Waals surface area (Å²) in [6, 6.07) is 14.3. The fourth-order valence-corrected chi connectivity index (χ4v) is 2.34. The fourth-order valence-electron chi connectivity index (χ4n) is 1.66. The number of esters is 1. The molecule has 0 aliphatic carbocycles. The van der Waals surface area contributed by atoms with Crippen LogP contribution in [0, 0.1) is 0 Å². The smallest absolute Gasteiger partial charge is 1.00 e. The molecule has 2 aromatic rings. The van der Waals surface area contributed by atoms with Crippen molar-refractivity contribution in [2.45, 2.75) is 11.5 Å². The van der Waals surface area contributed by atoms with Gasteiger partial charge in [-0.15, -0.1) is 0 Å². The molecule has 0 radical (unpaired) electrons. The molecule has 0 saturated heterocycles. The van der Waals surface area contributed by atoms with Gasteiger partial charge in [-0.2, -0.15) is 8.42 Å². The van der Waals surface area contributed by atoms with Crippen LogP contribution in [0.25, 0.3) is 0 Å². The van der Waals surface area contributed by atoms with E-state index in [9.17, 15) is 13.2 Å². The van der Waals surface area contributed by atoms with Crippen LogP contribution in [0.3, 0.4) is 0 Å². The number of ether oxygens (including phenoxy) is 1. The molecule has 7 heteroatoms. The number of rotatable bonds is 4. The van der Waals surface area contributed by atoms with Crippen molar-refractivity contribution in [3.8, 4) is 0 Å². The van der Waals surface area contributed by atoms with Gasteiger partial charge in [0.25, 0.3) is 10.1 Å². The van der Waals surface area contributed by atoms with Gasteiger partial charge in [0.1, 0.15) is 11.5 Å². The summed E-state index contributed by atoms with van der Waals surface area (Å²) in [6.07, 6.45) is 0. The standard InChI is InChI=1S/C14H12O5S.Na.H/c15-14(19-10-11-6-2-1-3-7-11)12-8-4-5-9-13(12)20(16,17)18;;/h1-9H,10H2,(H,16,17,18);;/q;+1;-1. The van der Waals surface area contributed by atoms with Crippen LogP contribution in [0.15, 0.2) is 59.5 Å². The van der Waals surface area contributed by atoms with Crippen LogP contribution < -0.4 is 29.6 Å². The molecule has 0 aliphatic rings. The van der Waals surface area contributed by atoms with Crippen molar-refractivity contribution in [3.63, 3.8) is 0 Å². The van der Waals surface area contributed by atoms with Crippen LogP contribution in [0.5, 0.6) is 0 Å². The number of carbonyl (C=O) groups excluding carboxylic acids is 1. The molecule has 0 saturated carbocycles. The van der Waals surface area contributed by atoms with Crippen molar-refractivity contribution in [2.75, 3.05) is 0 Å². The average Bonchev–Trinajstić information content (AvgIpc) is 2.45. The maximum Gasteiger partial charge on any atom is 1.00 e. The van der Waals surface area contributed by atoms with Gasteiger partial charge in [-0.05, 0) is 17.7 Å². The van der Waals surface area contributed by atoms with E-state index in [-0.39, 0.29) is 43.2 Å². The largest absolute Gasteiger partial charge is 1.00 e. The molecule has 106 valence electrons. The first kappa shape index (κ1) is 17.9. The molecular formula is C14H13NaO5S. The van der Waals surface area contributed by atoms with E-state index in [0.717, 1.165) is 11.6 Å². The molecule has 5 nitrogen and oxygen atoms in total. The maximum atomic E-state index is 11.9. The third-order valence-corrected chi connectivity index (χ3v) is 3.51. The minimum Gasteiger partial charge on any atom is -1.00 e. The zero-order valence-electron chi connectivity index (χ0n) is 12.4. The van der Waals surface area contributed by atoms with E-state index >= 15 is 0 Å². The van der Waals surface area contributed by atoms with Gasteiger partial charge >= 0.3 is 35.5 Å². The molecule has 0 aromatic heterocycles. The van der Waals surface area contributed by atoms with Gasteiger partial charge in [-0.3, -0.25) is 4.55 Å². The molecule has 0 fully saturated rings. The molecule has 2 rings (SSSR count). The molecule has 0 amide bonds. The summed E-state index contributed by atoms with van der Waals surface area (Å²) in [5, 5.41) is 0.